The lowest BCUT2D eigenvalue weighted by Gasteiger charge is -2.09. The van der Waals surface area contributed by atoms with E-state index in [-0.39, 0.29) is 11.5 Å². The van der Waals surface area contributed by atoms with Crippen LogP contribution in [-0.2, 0) is 19.1 Å². The number of aliphatic carboxylic acids is 2. The van der Waals surface area contributed by atoms with Gasteiger partial charge in [-0.05, 0) is 23.8 Å². The molecule has 0 spiro atoms. The molecule has 0 aliphatic rings. The Labute approximate surface area is 118 Å². The second kappa shape index (κ2) is 6.94. The van der Waals surface area contributed by atoms with Crippen molar-refractivity contribution in [1.82, 2.24) is 0 Å². The molecule has 0 aliphatic heterocycles. The summed E-state index contributed by atoms with van der Waals surface area (Å²) in [5.41, 5.74) is 0.354. The van der Waals surface area contributed by atoms with Crippen LogP contribution in [0.25, 0.3) is 6.08 Å². The van der Waals surface area contributed by atoms with Gasteiger partial charge in [0.25, 0.3) is 0 Å². The number of carboxylic acids is 2. The van der Waals surface area contributed by atoms with Crippen molar-refractivity contribution >= 4 is 24.0 Å². The topological polar surface area (TPSA) is 141 Å². The fourth-order valence-electron chi connectivity index (χ4n) is 1.33. The summed E-state index contributed by atoms with van der Waals surface area (Å²) in [5, 5.41) is 35.5. The summed E-state index contributed by atoms with van der Waals surface area (Å²) in [5.74, 6) is -4.75. The molecule has 1 aromatic rings. The number of carboxylic acid groups (broad SMARTS) is 2. The van der Waals surface area contributed by atoms with Gasteiger partial charge in [-0.25, -0.2) is 9.59 Å². The van der Waals surface area contributed by atoms with Gasteiger partial charge in [0.05, 0.1) is 6.42 Å². The van der Waals surface area contributed by atoms with Gasteiger partial charge in [-0.3, -0.25) is 4.79 Å². The van der Waals surface area contributed by atoms with E-state index in [2.05, 4.69) is 4.74 Å². The molecular formula is C13H12O8. The first-order chi connectivity index (χ1) is 9.79. The molecule has 0 radical (unpaired) electrons. The molecule has 0 aliphatic carbocycles. The summed E-state index contributed by atoms with van der Waals surface area (Å²) < 4.78 is 4.48. The first kappa shape index (κ1) is 16.0. The molecule has 1 rings (SSSR count). The van der Waals surface area contributed by atoms with Gasteiger partial charge in [-0.15, -0.1) is 0 Å². The Morgan fingerprint density at radius 1 is 1.14 bits per heavy atom. The number of carbonyl (C=O) groups is 3. The van der Waals surface area contributed by atoms with Crippen molar-refractivity contribution in [1.29, 1.82) is 0 Å². The van der Waals surface area contributed by atoms with Crippen molar-refractivity contribution in [3.63, 3.8) is 0 Å². The van der Waals surface area contributed by atoms with E-state index in [9.17, 15) is 19.5 Å². The van der Waals surface area contributed by atoms with Crippen LogP contribution in [0.1, 0.15) is 12.0 Å². The highest BCUT2D eigenvalue weighted by atomic mass is 16.6. The van der Waals surface area contributed by atoms with E-state index in [1.54, 1.807) is 0 Å². The Hall–Kier alpha value is -3.03. The van der Waals surface area contributed by atoms with E-state index in [0.29, 0.717) is 5.56 Å². The summed E-state index contributed by atoms with van der Waals surface area (Å²) in [6.45, 7) is 0. The Balaban J connectivity index is 2.70. The highest BCUT2D eigenvalue weighted by molar-refractivity contribution is 5.90. The molecule has 0 unspecified atom stereocenters. The van der Waals surface area contributed by atoms with Crippen molar-refractivity contribution in [3.05, 3.63) is 29.8 Å². The van der Waals surface area contributed by atoms with Gasteiger partial charge < -0.3 is 25.2 Å². The number of rotatable bonds is 6. The molecule has 0 heterocycles. The third kappa shape index (κ3) is 5.23. The summed E-state index contributed by atoms with van der Waals surface area (Å²) >= 11 is 0. The highest BCUT2D eigenvalue weighted by Gasteiger charge is 2.24. The number of aromatic hydroxyl groups is 2. The fraction of sp³-hybridized carbons (Fsp3) is 0.154. The minimum atomic E-state index is -1.78. The molecule has 0 saturated carbocycles. The number of hydrogen-bond acceptors (Lipinski definition) is 6. The number of benzene rings is 1. The van der Waals surface area contributed by atoms with Crippen molar-refractivity contribution in [2.24, 2.45) is 0 Å². The Bertz CT molecular complexity index is 590. The third-order valence-corrected chi connectivity index (χ3v) is 2.31. The van der Waals surface area contributed by atoms with Crippen molar-refractivity contribution in [3.8, 4) is 11.5 Å². The van der Waals surface area contributed by atoms with Gasteiger partial charge in [0.15, 0.2) is 11.5 Å². The maximum atomic E-state index is 11.4. The predicted octanol–water partition coefficient (Wildman–Crippen LogP) is 0.582. The van der Waals surface area contributed by atoms with Crippen LogP contribution in [0.2, 0.25) is 0 Å². The number of carbonyl (C=O) groups excluding carboxylic acids is 1. The van der Waals surface area contributed by atoms with E-state index >= 15 is 0 Å². The third-order valence-electron chi connectivity index (χ3n) is 2.31. The SMILES string of the molecule is O=C(O)C[C@H](OC(=O)C=Cc1ccc(O)c(O)c1)C(=O)O. The van der Waals surface area contributed by atoms with Gasteiger partial charge in [-0.1, -0.05) is 6.07 Å². The minimum absolute atomic E-state index is 0.331. The molecule has 8 nitrogen and oxygen atoms in total. The van der Waals surface area contributed by atoms with E-state index in [1.807, 2.05) is 0 Å². The molecule has 4 N–H and O–H groups in total. The second-order valence-electron chi connectivity index (χ2n) is 3.94. The zero-order valence-corrected chi connectivity index (χ0v) is 10.6. The quantitative estimate of drug-likeness (QED) is 0.339. The average molecular weight is 296 g/mol. The van der Waals surface area contributed by atoms with E-state index in [0.717, 1.165) is 6.08 Å². The zero-order chi connectivity index (χ0) is 16.0. The van der Waals surface area contributed by atoms with Crippen LogP contribution in [0, 0.1) is 0 Å². The van der Waals surface area contributed by atoms with Crippen LogP contribution >= 0.6 is 0 Å². The van der Waals surface area contributed by atoms with Gasteiger partial charge in [-0.2, -0.15) is 0 Å². The number of esters is 1. The van der Waals surface area contributed by atoms with E-state index in [4.69, 9.17) is 15.3 Å². The van der Waals surface area contributed by atoms with Crippen molar-refractivity contribution in [2.45, 2.75) is 12.5 Å². The Kier molecular flexibility index (Phi) is 5.30. The second-order valence-corrected chi connectivity index (χ2v) is 3.94. The first-order valence-electron chi connectivity index (χ1n) is 5.65. The van der Waals surface area contributed by atoms with Crippen LogP contribution in [0.15, 0.2) is 24.3 Å². The number of hydrogen-bond donors (Lipinski definition) is 4. The van der Waals surface area contributed by atoms with Crippen LogP contribution in [0.3, 0.4) is 0 Å². The smallest absolute Gasteiger partial charge is 0.345 e. The predicted molar refractivity (Wildman–Crippen MR) is 68.6 cm³/mol. The molecule has 0 aromatic heterocycles. The summed E-state index contributed by atoms with van der Waals surface area (Å²) in [6.07, 6.45) is -0.549. The maximum absolute atomic E-state index is 11.4. The van der Waals surface area contributed by atoms with Gasteiger partial charge in [0.2, 0.25) is 6.10 Å². The molecule has 1 atom stereocenters. The van der Waals surface area contributed by atoms with Crippen LogP contribution in [0.4, 0.5) is 0 Å². The van der Waals surface area contributed by atoms with Gasteiger partial charge in [0.1, 0.15) is 0 Å². The molecule has 112 valence electrons. The van der Waals surface area contributed by atoms with Crippen LogP contribution < -0.4 is 0 Å². The van der Waals surface area contributed by atoms with Gasteiger partial charge >= 0.3 is 17.9 Å². The van der Waals surface area contributed by atoms with Crippen LogP contribution in [-0.4, -0.2) is 44.4 Å². The lowest BCUT2D eigenvalue weighted by Crippen LogP contribution is -2.28. The molecule has 0 saturated heterocycles. The number of ether oxygens (including phenoxy) is 1. The molecule has 1 aromatic carbocycles. The average Bonchev–Trinajstić information content (AvgIpc) is 2.38. The molecule has 0 fully saturated rings. The lowest BCUT2D eigenvalue weighted by molar-refractivity contribution is -0.164. The largest absolute Gasteiger partial charge is 0.504 e. The monoisotopic (exact) mass is 296 g/mol. The zero-order valence-electron chi connectivity index (χ0n) is 10.6. The molecular weight excluding hydrogens is 284 g/mol. The molecule has 21 heavy (non-hydrogen) atoms. The normalized spacial score (nSPS) is 12.0. The number of phenols is 2. The molecule has 8 heteroatoms. The van der Waals surface area contributed by atoms with Crippen LogP contribution in [0.5, 0.6) is 11.5 Å². The summed E-state index contributed by atoms with van der Waals surface area (Å²) in [6, 6.07) is 3.76. The highest BCUT2D eigenvalue weighted by Crippen LogP contribution is 2.25. The first-order valence-corrected chi connectivity index (χ1v) is 5.65. The van der Waals surface area contributed by atoms with E-state index in [1.165, 1.54) is 24.3 Å². The van der Waals surface area contributed by atoms with E-state index < -0.39 is 30.4 Å². The Morgan fingerprint density at radius 2 is 1.81 bits per heavy atom. The molecule has 0 amide bonds. The number of phenolic OH excluding ortho intramolecular Hbond substituents is 2. The molecule has 0 bridgehead atoms. The van der Waals surface area contributed by atoms with Crippen molar-refractivity contribution < 1.29 is 39.5 Å². The Morgan fingerprint density at radius 3 is 2.33 bits per heavy atom. The lowest BCUT2D eigenvalue weighted by atomic mass is 10.2. The fourth-order valence-corrected chi connectivity index (χ4v) is 1.33. The van der Waals surface area contributed by atoms with Crippen molar-refractivity contribution in [2.75, 3.05) is 0 Å². The summed E-state index contributed by atoms with van der Waals surface area (Å²) in [4.78, 5) is 32.5. The standard InChI is InChI=1S/C13H12O8/c14-8-3-1-7(5-9(8)15)2-4-12(18)21-10(13(19)20)6-11(16)17/h1-5,10,14-15H,6H2,(H,16,17)(H,19,20)/t10-/m0/s1. The minimum Gasteiger partial charge on any atom is -0.504 e. The van der Waals surface area contributed by atoms with Gasteiger partial charge in [0, 0.05) is 6.08 Å². The summed E-state index contributed by atoms with van der Waals surface area (Å²) in [7, 11) is 0. The maximum Gasteiger partial charge on any atom is 0.345 e.